The molecule has 1 aromatic heterocycles. The lowest BCUT2D eigenvalue weighted by atomic mass is 10.1. The highest BCUT2D eigenvalue weighted by molar-refractivity contribution is 6.06. The molecule has 0 bridgehead atoms. The quantitative estimate of drug-likeness (QED) is 0.268. The second-order valence-corrected chi connectivity index (χ2v) is 9.78. The molecular weight excluding hydrogens is 524 g/mol. The van der Waals surface area contributed by atoms with Crippen LogP contribution in [0.15, 0.2) is 69.9 Å². The number of amides is 1. The van der Waals surface area contributed by atoms with Crippen molar-refractivity contribution in [2.45, 2.75) is 19.3 Å². The third-order valence-electron chi connectivity index (χ3n) is 7.18. The van der Waals surface area contributed by atoms with E-state index < -0.39 is 0 Å². The van der Waals surface area contributed by atoms with Crippen molar-refractivity contribution in [3.8, 4) is 34.3 Å². The summed E-state index contributed by atoms with van der Waals surface area (Å²) in [6.45, 7) is 3.24. The lowest BCUT2D eigenvalue weighted by Crippen LogP contribution is -2.33. The number of nitrogens with one attached hydrogen (secondary N) is 1. The topological polar surface area (TPSA) is 99.5 Å². The molecule has 2 heterocycles. The lowest BCUT2D eigenvalue weighted by molar-refractivity contribution is 0.102. The highest BCUT2D eigenvalue weighted by Gasteiger charge is 2.22. The zero-order valence-electron chi connectivity index (χ0n) is 23.5. The van der Waals surface area contributed by atoms with Gasteiger partial charge in [0.05, 0.1) is 26.9 Å². The fraction of sp³-hybridized carbons (Fsp3) is 0.312. The van der Waals surface area contributed by atoms with Gasteiger partial charge in [-0.25, -0.2) is 0 Å². The predicted octanol–water partition coefficient (Wildman–Crippen LogP) is 5.60. The zero-order chi connectivity index (χ0) is 28.8. The molecule has 0 unspecified atom stereocenters. The average molecular weight is 559 g/mol. The lowest BCUT2D eigenvalue weighted by Gasteiger charge is -2.26. The molecule has 41 heavy (non-hydrogen) atoms. The van der Waals surface area contributed by atoms with Gasteiger partial charge in [0.1, 0.15) is 29.1 Å². The summed E-state index contributed by atoms with van der Waals surface area (Å²) in [7, 11) is 4.56. The van der Waals surface area contributed by atoms with Crippen LogP contribution in [0.25, 0.3) is 22.3 Å². The second kappa shape index (κ2) is 12.8. The summed E-state index contributed by atoms with van der Waals surface area (Å²) in [6.07, 6.45) is 3.62. The maximum Gasteiger partial charge on any atom is 0.259 e. The van der Waals surface area contributed by atoms with Gasteiger partial charge in [0, 0.05) is 29.9 Å². The van der Waals surface area contributed by atoms with Crippen molar-refractivity contribution >= 4 is 22.6 Å². The van der Waals surface area contributed by atoms with Gasteiger partial charge in [-0.05, 0) is 50.2 Å². The van der Waals surface area contributed by atoms with E-state index in [-0.39, 0.29) is 16.7 Å². The number of benzene rings is 3. The number of ether oxygens (including phenoxy) is 4. The Morgan fingerprint density at radius 2 is 1.66 bits per heavy atom. The van der Waals surface area contributed by atoms with Crippen LogP contribution < -0.4 is 29.7 Å². The summed E-state index contributed by atoms with van der Waals surface area (Å²) in [5.74, 6) is 1.54. The van der Waals surface area contributed by atoms with Crippen molar-refractivity contribution in [1.29, 1.82) is 0 Å². The smallest absolute Gasteiger partial charge is 0.259 e. The summed E-state index contributed by atoms with van der Waals surface area (Å²) in [4.78, 5) is 28.8. The number of hydrogen-bond donors (Lipinski definition) is 1. The summed E-state index contributed by atoms with van der Waals surface area (Å²) >= 11 is 0. The van der Waals surface area contributed by atoms with Gasteiger partial charge in [-0.15, -0.1) is 0 Å². The molecule has 1 amide bonds. The van der Waals surface area contributed by atoms with Gasteiger partial charge in [-0.2, -0.15) is 0 Å². The molecule has 1 aliphatic rings. The van der Waals surface area contributed by atoms with Gasteiger partial charge in [0.2, 0.25) is 5.75 Å². The monoisotopic (exact) mass is 558 g/mol. The van der Waals surface area contributed by atoms with Crippen LogP contribution in [0.4, 0.5) is 5.69 Å². The number of rotatable bonds is 10. The van der Waals surface area contributed by atoms with Gasteiger partial charge in [-0.3, -0.25) is 14.5 Å². The molecule has 0 atom stereocenters. The molecule has 0 spiro atoms. The molecule has 0 radical (unpaired) electrons. The van der Waals surface area contributed by atoms with Crippen molar-refractivity contribution in [3.63, 3.8) is 0 Å². The maximum absolute atomic E-state index is 13.5. The molecule has 0 saturated carbocycles. The van der Waals surface area contributed by atoms with E-state index in [0.717, 1.165) is 19.6 Å². The molecule has 1 N–H and O–H groups in total. The molecule has 3 aromatic carbocycles. The van der Waals surface area contributed by atoms with Crippen LogP contribution in [0.5, 0.6) is 23.0 Å². The van der Waals surface area contributed by atoms with Gasteiger partial charge in [0.25, 0.3) is 5.91 Å². The molecular formula is C32H34N2O7. The Labute approximate surface area is 238 Å². The largest absolute Gasteiger partial charge is 0.496 e. The summed E-state index contributed by atoms with van der Waals surface area (Å²) < 4.78 is 28.9. The summed E-state index contributed by atoms with van der Waals surface area (Å²) in [5, 5.41) is 3.17. The van der Waals surface area contributed by atoms with Crippen molar-refractivity contribution < 1.29 is 28.2 Å². The van der Waals surface area contributed by atoms with Crippen LogP contribution in [0.3, 0.4) is 0 Å². The molecule has 4 aromatic rings. The van der Waals surface area contributed by atoms with Crippen LogP contribution in [0.2, 0.25) is 0 Å². The van der Waals surface area contributed by atoms with E-state index in [4.69, 9.17) is 23.4 Å². The summed E-state index contributed by atoms with van der Waals surface area (Å²) in [6, 6.07) is 17.1. The minimum Gasteiger partial charge on any atom is -0.496 e. The Morgan fingerprint density at radius 3 is 2.41 bits per heavy atom. The minimum atomic E-state index is -0.317. The van der Waals surface area contributed by atoms with E-state index in [0.29, 0.717) is 57.8 Å². The van der Waals surface area contributed by atoms with E-state index in [1.807, 2.05) is 0 Å². The zero-order valence-corrected chi connectivity index (χ0v) is 23.5. The molecule has 5 rings (SSSR count). The number of hydrogen-bond acceptors (Lipinski definition) is 8. The Morgan fingerprint density at radius 1 is 0.878 bits per heavy atom. The van der Waals surface area contributed by atoms with E-state index in [1.54, 1.807) is 54.6 Å². The van der Waals surface area contributed by atoms with Crippen LogP contribution >= 0.6 is 0 Å². The molecule has 9 heteroatoms. The first-order valence-electron chi connectivity index (χ1n) is 13.6. The third kappa shape index (κ3) is 6.15. The van der Waals surface area contributed by atoms with Gasteiger partial charge >= 0.3 is 0 Å². The molecule has 214 valence electrons. The second-order valence-electron chi connectivity index (χ2n) is 9.78. The highest BCUT2D eigenvalue weighted by atomic mass is 16.5. The number of anilines is 1. The highest BCUT2D eigenvalue weighted by Crippen LogP contribution is 2.43. The normalized spacial score (nSPS) is 13.5. The number of methoxy groups -OCH3 is 3. The fourth-order valence-corrected chi connectivity index (χ4v) is 5.11. The van der Waals surface area contributed by atoms with Crippen LogP contribution in [0, 0.1) is 0 Å². The van der Waals surface area contributed by atoms with E-state index >= 15 is 0 Å². The first-order chi connectivity index (χ1) is 20.0. The molecule has 9 nitrogen and oxygen atoms in total. The maximum atomic E-state index is 13.5. The van der Waals surface area contributed by atoms with Crippen LogP contribution in [0.1, 0.15) is 29.6 Å². The van der Waals surface area contributed by atoms with Gasteiger partial charge in [-0.1, -0.05) is 30.7 Å². The predicted molar refractivity (Wildman–Crippen MR) is 158 cm³/mol. The van der Waals surface area contributed by atoms with E-state index in [2.05, 4.69) is 10.2 Å². The number of fused-ring (bicyclic) bond motifs is 1. The van der Waals surface area contributed by atoms with Crippen molar-refractivity contribution in [2.75, 3.05) is 52.9 Å². The minimum absolute atomic E-state index is 0.279. The van der Waals surface area contributed by atoms with Crippen LogP contribution in [-0.2, 0) is 0 Å². The van der Waals surface area contributed by atoms with Crippen molar-refractivity contribution in [1.82, 2.24) is 4.90 Å². The number of likely N-dealkylation sites (tertiary alicyclic amines) is 1. The first-order valence-corrected chi connectivity index (χ1v) is 13.6. The van der Waals surface area contributed by atoms with Crippen molar-refractivity contribution in [2.24, 2.45) is 0 Å². The number of para-hydroxylation sites is 1. The Hall–Kier alpha value is -4.50. The standard InChI is InChI=1S/C32H34N2O7/c1-37-25-13-6-5-12-23(25)32(36)33-22-11-9-10-21(18-22)26-19-24(35)29-27(41-26)20-28(38-2)30(39-3)31(29)40-17-16-34-14-7-4-8-15-34/h5-6,9-13,18-20H,4,7-8,14-17H2,1-3H3,(H,33,36). The number of carbonyl (C=O) groups excluding carboxylic acids is 1. The first kappa shape index (κ1) is 28.0. The number of nitrogens with zero attached hydrogens (tertiary/aromatic N) is 1. The number of carbonyl (C=O) groups is 1. The average Bonchev–Trinajstić information content (AvgIpc) is 3.01. The third-order valence-corrected chi connectivity index (χ3v) is 7.18. The Balaban J connectivity index is 1.46. The molecule has 1 fully saturated rings. The SMILES string of the molecule is COc1ccccc1C(=O)Nc1cccc(-c2cc(=O)c3c(OCCN4CCCCC4)c(OC)c(OC)cc3o2)c1. The van der Waals surface area contributed by atoms with Crippen molar-refractivity contribution in [3.05, 3.63) is 76.5 Å². The number of piperidine rings is 1. The molecule has 1 aliphatic heterocycles. The molecule has 0 aliphatic carbocycles. The fourth-order valence-electron chi connectivity index (χ4n) is 5.11. The molecule has 1 saturated heterocycles. The van der Waals surface area contributed by atoms with Gasteiger partial charge in [0.15, 0.2) is 16.9 Å². The Kier molecular flexibility index (Phi) is 8.74. The van der Waals surface area contributed by atoms with E-state index in [9.17, 15) is 9.59 Å². The van der Waals surface area contributed by atoms with Gasteiger partial charge < -0.3 is 28.7 Å². The van der Waals surface area contributed by atoms with Crippen LogP contribution in [-0.4, -0.2) is 58.4 Å². The van der Waals surface area contributed by atoms with E-state index in [1.165, 1.54) is 46.7 Å². The Bertz CT molecular complexity index is 1590. The summed E-state index contributed by atoms with van der Waals surface area (Å²) in [5.41, 5.74) is 1.59.